The van der Waals surface area contributed by atoms with Crippen molar-refractivity contribution in [3.05, 3.63) is 69.3 Å². The molecule has 26 heavy (non-hydrogen) atoms. The van der Waals surface area contributed by atoms with E-state index in [-0.39, 0.29) is 5.56 Å². The summed E-state index contributed by atoms with van der Waals surface area (Å²) >= 11 is 5.80. The fourth-order valence-electron chi connectivity index (χ4n) is 3.02. The number of halogens is 1. The van der Waals surface area contributed by atoms with Gasteiger partial charge in [0, 0.05) is 37.4 Å². The minimum absolute atomic E-state index is 0.0974. The molecular weight excluding hydrogens is 354 g/mol. The van der Waals surface area contributed by atoms with Crippen molar-refractivity contribution >= 4 is 22.5 Å². The van der Waals surface area contributed by atoms with E-state index < -0.39 is 0 Å². The van der Waals surface area contributed by atoms with Crippen molar-refractivity contribution in [1.29, 1.82) is 0 Å². The van der Waals surface area contributed by atoms with Gasteiger partial charge in [-0.15, -0.1) is 0 Å². The second-order valence-electron chi connectivity index (χ2n) is 6.05. The number of aromatic nitrogens is 5. The summed E-state index contributed by atoms with van der Waals surface area (Å²) in [6.45, 7) is 1.83. The molecule has 4 aromatic rings. The lowest BCUT2D eigenvalue weighted by Crippen LogP contribution is -2.18. The van der Waals surface area contributed by atoms with Crippen molar-refractivity contribution in [3.8, 4) is 5.69 Å². The molecule has 3 heterocycles. The van der Waals surface area contributed by atoms with Gasteiger partial charge in [-0.05, 0) is 13.0 Å². The molecule has 0 amide bonds. The standard InChI is InChI=1S/C18H16ClN5O2/c1-11-20-17(8-7-12-9-16(19)22-26-12)24(21-11)15-10-18(25)23(2)14-6-4-3-5-13(14)15/h3-6,9-10H,7-8H2,1-2H3. The molecule has 7 nitrogen and oxygen atoms in total. The fraction of sp³-hybridized carbons (Fsp3) is 0.222. The molecule has 1 aromatic carbocycles. The lowest BCUT2D eigenvalue weighted by Gasteiger charge is -2.11. The smallest absolute Gasteiger partial charge is 0.252 e. The van der Waals surface area contributed by atoms with Crippen molar-refractivity contribution in [2.24, 2.45) is 7.05 Å². The van der Waals surface area contributed by atoms with Crippen molar-refractivity contribution in [1.82, 2.24) is 24.5 Å². The molecule has 0 N–H and O–H groups in total. The maximum Gasteiger partial charge on any atom is 0.252 e. The number of fused-ring (bicyclic) bond motifs is 1. The van der Waals surface area contributed by atoms with Crippen molar-refractivity contribution < 1.29 is 4.52 Å². The van der Waals surface area contributed by atoms with Crippen LogP contribution in [0.2, 0.25) is 5.15 Å². The SMILES string of the molecule is Cc1nc(CCc2cc(Cl)no2)n(-c2cc(=O)n(C)c3ccccc23)n1. The summed E-state index contributed by atoms with van der Waals surface area (Å²) in [7, 11) is 1.76. The molecule has 8 heteroatoms. The Morgan fingerprint density at radius 2 is 2.00 bits per heavy atom. The van der Waals surface area contributed by atoms with E-state index in [1.807, 2.05) is 31.2 Å². The molecular formula is C18H16ClN5O2. The van der Waals surface area contributed by atoms with Crippen molar-refractivity contribution in [2.75, 3.05) is 0 Å². The zero-order chi connectivity index (χ0) is 18.3. The number of hydrogen-bond donors (Lipinski definition) is 0. The van der Waals surface area contributed by atoms with Gasteiger partial charge in [-0.1, -0.05) is 35.0 Å². The van der Waals surface area contributed by atoms with Crippen LogP contribution in [0.4, 0.5) is 0 Å². The Balaban J connectivity index is 1.80. The summed E-state index contributed by atoms with van der Waals surface area (Å²) in [6, 6.07) is 11.0. The topological polar surface area (TPSA) is 78.7 Å². The van der Waals surface area contributed by atoms with E-state index in [1.165, 1.54) is 0 Å². The molecule has 0 aliphatic rings. The van der Waals surface area contributed by atoms with Crippen LogP contribution in [0.5, 0.6) is 0 Å². The van der Waals surface area contributed by atoms with Crippen molar-refractivity contribution in [2.45, 2.75) is 19.8 Å². The Morgan fingerprint density at radius 3 is 2.77 bits per heavy atom. The first-order chi connectivity index (χ1) is 12.5. The third kappa shape index (κ3) is 2.90. The molecule has 4 rings (SSSR count). The molecule has 132 valence electrons. The molecule has 0 unspecified atom stereocenters. The van der Waals surface area contributed by atoms with Crippen LogP contribution in [0, 0.1) is 6.92 Å². The first-order valence-corrected chi connectivity index (χ1v) is 8.53. The highest BCUT2D eigenvalue weighted by atomic mass is 35.5. The Hall–Kier alpha value is -2.93. The fourth-order valence-corrected chi connectivity index (χ4v) is 3.18. The first-order valence-electron chi connectivity index (χ1n) is 8.16. The molecule has 0 atom stereocenters. The summed E-state index contributed by atoms with van der Waals surface area (Å²) in [5.41, 5.74) is 1.46. The molecule has 0 aliphatic carbocycles. The lowest BCUT2D eigenvalue weighted by molar-refractivity contribution is 0.382. The maximum absolute atomic E-state index is 12.4. The van der Waals surface area contributed by atoms with Gasteiger partial charge < -0.3 is 9.09 Å². The minimum atomic E-state index is -0.0974. The summed E-state index contributed by atoms with van der Waals surface area (Å²) in [4.78, 5) is 16.9. The molecule has 0 radical (unpaired) electrons. The van der Waals surface area contributed by atoms with Gasteiger partial charge in [0.25, 0.3) is 5.56 Å². The molecule has 0 saturated carbocycles. The van der Waals surface area contributed by atoms with Gasteiger partial charge in [0.05, 0.1) is 11.2 Å². The number of aryl methyl sites for hydroxylation is 4. The molecule has 0 saturated heterocycles. The summed E-state index contributed by atoms with van der Waals surface area (Å²) in [5.74, 6) is 2.06. The molecule has 0 bridgehead atoms. The summed E-state index contributed by atoms with van der Waals surface area (Å²) < 4.78 is 8.51. The van der Waals surface area contributed by atoms with Crippen LogP contribution in [0.3, 0.4) is 0 Å². The normalized spacial score (nSPS) is 11.3. The highest BCUT2D eigenvalue weighted by Gasteiger charge is 2.15. The predicted molar refractivity (Wildman–Crippen MR) is 97.8 cm³/mol. The highest BCUT2D eigenvalue weighted by molar-refractivity contribution is 6.29. The average molecular weight is 370 g/mol. The average Bonchev–Trinajstić information content (AvgIpc) is 3.21. The van der Waals surface area contributed by atoms with Crippen LogP contribution < -0.4 is 5.56 Å². The van der Waals surface area contributed by atoms with Gasteiger partial charge in [-0.2, -0.15) is 5.10 Å². The van der Waals surface area contributed by atoms with Crippen LogP contribution in [0.25, 0.3) is 16.6 Å². The third-order valence-electron chi connectivity index (χ3n) is 4.27. The Morgan fingerprint density at radius 1 is 1.19 bits per heavy atom. The van der Waals surface area contributed by atoms with E-state index in [1.54, 1.807) is 28.4 Å². The van der Waals surface area contributed by atoms with E-state index in [9.17, 15) is 4.79 Å². The monoisotopic (exact) mass is 369 g/mol. The number of rotatable bonds is 4. The van der Waals surface area contributed by atoms with Gasteiger partial charge in [0.1, 0.15) is 17.4 Å². The number of pyridine rings is 1. The summed E-state index contributed by atoms with van der Waals surface area (Å²) in [6.07, 6.45) is 1.16. The van der Waals surface area contributed by atoms with Crippen LogP contribution in [-0.2, 0) is 19.9 Å². The number of benzene rings is 1. The third-order valence-corrected chi connectivity index (χ3v) is 4.44. The van der Waals surface area contributed by atoms with Crippen LogP contribution in [0.15, 0.2) is 45.7 Å². The Kier molecular flexibility index (Phi) is 4.08. The Bertz CT molecular complexity index is 1160. The van der Waals surface area contributed by atoms with E-state index >= 15 is 0 Å². The van der Waals surface area contributed by atoms with Gasteiger partial charge in [-0.25, -0.2) is 9.67 Å². The van der Waals surface area contributed by atoms with Crippen LogP contribution >= 0.6 is 11.6 Å². The highest BCUT2D eigenvalue weighted by Crippen LogP contribution is 2.21. The summed E-state index contributed by atoms with van der Waals surface area (Å²) in [5, 5.41) is 9.45. The Labute approximate surface area is 153 Å². The first kappa shape index (κ1) is 16.5. The lowest BCUT2D eigenvalue weighted by atomic mass is 10.1. The molecule has 3 aromatic heterocycles. The molecule has 0 fully saturated rings. The van der Waals surface area contributed by atoms with Gasteiger partial charge in [0.15, 0.2) is 5.15 Å². The maximum atomic E-state index is 12.4. The van der Waals surface area contributed by atoms with Crippen molar-refractivity contribution in [3.63, 3.8) is 0 Å². The number of para-hydroxylation sites is 1. The number of nitrogens with zero attached hydrogens (tertiary/aromatic N) is 5. The zero-order valence-corrected chi connectivity index (χ0v) is 15.1. The zero-order valence-electron chi connectivity index (χ0n) is 14.3. The van der Waals surface area contributed by atoms with E-state index in [0.29, 0.717) is 29.6 Å². The largest absolute Gasteiger partial charge is 0.360 e. The van der Waals surface area contributed by atoms with E-state index in [0.717, 1.165) is 22.4 Å². The second kappa shape index (κ2) is 6.42. The predicted octanol–water partition coefficient (Wildman–Crippen LogP) is 2.85. The quantitative estimate of drug-likeness (QED) is 0.552. The molecule has 0 aliphatic heterocycles. The van der Waals surface area contributed by atoms with Gasteiger partial charge in [-0.3, -0.25) is 4.79 Å². The van der Waals surface area contributed by atoms with Gasteiger partial charge in [0.2, 0.25) is 0 Å². The van der Waals surface area contributed by atoms with Crippen LogP contribution in [-0.4, -0.2) is 24.5 Å². The van der Waals surface area contributed by atoms with Gasteiger partial charge >= 0.3 is 0 Å². The van der Waals surface area contributed by atoms with Crippen LogP contribution in [0.1, 0.15) is 17.4 Å². The van der Waals surface area contributed by atoms with E-state index in [2.05, 4.69) is 15.2 Å². The molecule has 0 spiro atoms. The number of hydrogen-bond acceptors (Lipinski definition) is 5. The minimum Gasteiger partial charge on any atom is -0.360 e. The van der Waals surface area contributed by atoms with E-state index in [4.69, 9.17) is 16.1 Å². The second-order valence-corrected chi connectivity index (χ2v) is 6.43.